The van der Waals surface area contributed by atoms with Crippen molar-refractivity contribution in [3.63, 3.8) is 0 Å². The summed E-state index contributed by atoms with van der Waals surface area (Å²) in [6.07, 6.45) is 0.104. The van der Waals surface area contributed by atoms with E-state index in [9.17, 15) is 0 Å². The lowest BCUT2D eigenvalue weighted by atomic mass is 10.5. The van der Waals surface area contributed by atoms with Crippen molar-refractivity contribution < 1.29 is 12.3 Å². The summed E-state index contributed by atoms with van der Waals surface area (Å²) in [6, 6.07) is 0. The molecule has 0 aromatic heterocycles. The van der Waals surface area contributed by atoms with Crippen molar-refractivity contribution in [3.8, 4) is 0 Å². The van der Waals surface area contributed by atoms with Gasteiger partial charge in [0.25, 0.3) is 0 Å². The Labute approximate surface area is 69.0 Å². The average molecular weight is 161 g/mol. The van der Waals surface area contributed by atoms with Gasteiger partial charge >= 0.3 is 15.9 Å². The van der Waals surface area contributed by atoms with E-state index in [-0.39, 0.29) is 28.3 Å². The van der Waals surface area contributed by atoms with Gasteiger partial charge in [0.2, 0.25) is 0 Å². The summed E-state index contributed by atoms with van der Waals surface area (Å²) in [5.41, 5.74) is 0. The number of hydrogen-bond acceptors (Lipinski definition) is 3. The Morgan fingerprint density at radius 2 is 1.70 bits per heavy atom. The van der Waals surface area contributed by atoms with Gasteiger partial charge in [-0.25, -0.2) is 0 Å². The van der Waals surface area contributed by atoms with Crippen LogP contribution in [-0.4, -0.2) is 35.4 Å². The summed E-state index contributed by atoms with van der Waals surface area (Å²) in [4.78, 5) is 0. The quantitative estimate of drug-likeness (QED) is 0.444. The van der Waals surface area contributed by atoms with Gasteiger partial charge in [0.05, 0.1) is 0 Å². The minimum atomic E-state index is -0.372. The zero-order valence-corrected chi connectivity index (χ0v) is 8.11. The molecule has 0 bridgehead atoms. The van der Waals surface area contributed by atoms with Gasteiger partial charge in [-0.05, 0) is 20.8 Å². The Morgan fingerprint density at radius 3 is 2.10 bits per heavy atom. The first kappa shape index (κ1) is 10.4. The van der Waals surface area contributed by atoms with E-state index in [0.717, 1.165) is 0 Å². The lowest BCUT2D eigenvalue weighted by Gasteiger charge is -2.12. The van der Waals surface area contributed by atoms with E-state index in [0.29, 0.717) is 0 Å². The molecule has 0 saturated heterocycles. The SMILES string of the molecule is COC(C)[O][Al][O]C(C)C. The second-order valence-electron chi connectivity index (χ2n) is 2.22. The van der Waals surface area contributed by atoms with Crippen molar-refractivity contribution in [2.24, 2.45) is 0 Å². The highest BCUT2D eigenvalue weighted by molar-refractivity contribution is 6.18. The van der Waals surface area contributed by atoms with Crippen LogP contribution in [0.5, 0.6) is 0 Å². The molecular weight excluding hydrogens is 147 g/mol. The van der Waals surface area contributed by atoms with Crippen molar-refractivity contribution in [2.45, 2.75) is 33.2 Å². The van der Waals surface area contributed by atoms with Crippen LogP contribution in [0.3, 0.4) is 0 Å². The third-order valence-electron chi connectivity index (χ3n) is 0.907. The fourth-order valence-electron chi connectivity index (χ4n) is 0.277. The monoisotopic (exact) mass is 161 g/mol. The molecule has 0 fully saturated rings. The fraction of sp³-hybridized carbons (Fsp3) is 1.00. The minimum Gasteiger partial charge on any atom is -0.482 e. The number of ether oxygens (including phenoxy) is 1. The van der Waals surface area contributed by atoms with E-state index in [4.69, 9.17) is 12.3 Å². The second kappa shape index (κ2) is 6.14. The molecule has 0 saturated carbocycles. The highest BCUT2D eigenvalue weighted by Crippen LogP contribution is 1.91. The van der Waals surface area contributed by atoms with Gasteiger partial charge in [-0.15, -0.1) is 0 Å². The minimum absolute atomic E-state index is 0.145. The number of hydrogen-bond donors (Lipinski definition) is 0. The molecule has 0 heterocycles. The summed E-state index contributed by atoms with van der Waals surface area (Å²) in [6.45, 7) is 5.80. The maximum absolute atomic E-state index is 5.20. The molecule has 0 N–H and O–H groups in total. The normalized spacial score (nSPS) is 13.7. The van der Waals surface area contributed by atoms with Crippen molar-refractivity contribution in [2.75, 3.05) is 7.11 Å². The summed E-state index contributed by atoms with van der Waals surface area (Å²) in [7, 11) is 1.61. The molecule has 0 aromatic rings. The second-order valence-corrected chi connectivity index (χ2v) is 2.96. The third-order valence-corrected chi connectivity index (χ3v) is 2.06. The molecule has 0 aliphatic carbocycles. The summed E-state index contributed by atoms with van der Waals surface area (Å²) in [5, 5.41) is 0. The van der Waals surface area contributed by atoms with Gasteiger partial charge in [-0.2, -0.15) is 0 Å². The van der Waals surface area contributed by atoms with Crippen LogP contribution in [0.1, 0.15) is 20.8 Å². The van der Waals surface area contributed by atoms with Crippen LogP contribution in [0.4, 0.5) is 0 Å². The molecule has 0 aliphatic rings. The van der Waals surface area contributed by atoms with Crippen LogP contribution in [0, 0.1) is 0 Å². The Balaban J connectivity index is 3.03. The van der Waals surface area contributed by atoms with E-state index in [1.54, 1.807) is 7.11 Å². The topological polar surface area (TPSA) is 27.7 Å². The highest BCUT2D eigenvalue weighted by Gasteiger charge is 2.04. The van der Waals surface area contributed by atoms with Crippen molar-refractivity contribution in [3.05, 3.63) is 0 Å². The Kier molecular flexibility index (Phi) is 6.40. The Morgan fingerprint density at radius 1 is 1.10 bits per heavy atom. The molecule has 0 rings (SSSR count). The first-order valence-electron chi connectivity index (χ1n) is 3.32. The summed E-state index contributed by atoms with van der Waals surface area (Å²) in [5.74, 6) is 0. The van der Waals surface area contributed by atoms with E-state index in [1.807, 2.05) is 20.8 Å². The van der Waals surface area contributed by atoms with E-state index in [2.05, 4.69) is 0 Å². The first-order valence-corrected chi connectivity index (χ1v) is 4.26. The maximum Gasteiger partial charge on any atom is 0.670 e. The highest BCUT2D eigenvalue weighted by atomic mass is 27.2. The third kappa shape index (κ3) is 6.53. The molecule has 0 spiro atoms. The smallest absolute Gasteiger partial charge is 0.482 e. The summed E-state index contributed by atoms with van der Waals surface area (Å²) >= 11 is -0.372. The Hall–Kier alpha value is 0.412. The standard InChI is InChI=1S/C3H7O2.C3H7O.Al/c1-3(4)5-2;1-3(2)4;/h3H,1-2H3;3H,1-2H3;/q2*-1;+2. The van der Waals surface area contributed by atoms with Crippen LogP contribution < -0.4 is 0 Å². The molecule has 0 aliphatic heterocycles. The zero-order chi connectivity index (χ0) is 7.98. The predicted molar refractivity (Wildman–Crippen MR) is 39.5 cm³/mol. The van der Waals surface area contributed by atoms with E-state index >= 15 is 0 Å². The lowest BCUT2D eigenvalue weighted by Crippen LogP contribution is -2.18. The van der Waals surface area contributed by atoms with E-state index < -0.39 is 0 Å². The van der Waals surface area contributed by atoms with Crippen LogP contribution >= 0.6 is 0 Å². The predicted octanol–water partition coefficient (Wildman–Crippen LogP) is 0.955. The molecule has 1 atom stereocenters. The largest absolute Gasteiger partial charge is 0.670 e. The van der Waals surface area contributed by atoms with Gasteiger partial charge in [-0.3, -0.25) is 0 Å². The molecular formula is C6H14AlO3. The van der Waals surface area contributed by atoms with Gasteiger partial charge in [-0.1, -0.05) is 0 Å². The molecule has 1 unspecified atom stereocenters. The molecule has 10 heavy (non-hydrogen) atoms. The molecule has 3 nitrogen and oxygen atoms in total. The summed E-state index contributed by atoms with van der Waals surface area (Å²) < 4.78 is 15.2. The van der Waals surface area contributed by atoms with Crippen molar-refractivity contribution in [1.29, 1.82) is 0 Å². The molecule has 4 heteroatoms. The first-order chi connectivity index (χ1) is 4.66. The Bertz CT molecular complexity index is 77.4. The van der Waals surface area contributed by atoms with Crippen molar-refractivity contribution >= 4 is 15.9 Å². The van der Waals surface area contributed by atoms with E-state index in [1.165, 1.54) is 0 Å². The zero-order valence-electron chi connectivity index (χ0n) is 6.96. The average Bonchev–Trinajstić information content (AvgIpc) is 1.87. The molecule has 0 aromatic carbocycles. The van der Waals surface area contributed by atoms with Crippen LogP contribution in [-0.2, 0) is 12.3 Å². The van der Waals surface area contributed by atoms with Crippen LogP contribution in [0.25, 0.3) is 0 Å². The van der Waals surface area contributed by atoms with Gasteiger partial charge < -0.3 is 12.3 Å². The molecule has 0 amide bonds. The van der Waals surface area contributed by atoms with Gasteiger partial charge in [0, 0.05) is 13.2 Å². The molecule has 59 valence electrons. The van der Waals surface area contributed by atoms with Gasteiger partial charge in [0.15, 0.2) is 0 Å². The van der Waals surface area contributed by atoms with Crippen LogP contribution in [0.15, 0.2) is 0 Å². The number of methoxy groups -OCH3 is 1. The molecule has 1 radical (unpaired) electrons. The van der Waals surface area contributed by atoms with Gasteiger partial charge in [0.1, 0.15) is 6.29 Å². The van der Waals surface area contributed by atoms with Crippen molar-refractivity contribution in [1.82, 2.24) is 0 Å². The van der Waals surface area contributed by atoms with Crippen LogP contribution in [0.2, 0.25) is 0 Å². The maximum atomic E-state index is 5.20. The lowest BCUT2D eigenvalue weighted by molar-refractivity contribution is -0.0507. The number of rotatable bonds is 5. The fourth-order valence-corrected chi connectivity index (χ4v) is 0.831.